The van der Waals surface area contributed by atoms with E-state index in [1.54, 1.807) is 25.1 Å². The summed E-state index contributed by atoms with van der Waals surface area (Å²) in [7, 11) is 0. The Morgan fingerprint density at radius 1 is 1.33 bits per heavy atom. The van der Waals surface area contributed by atoms with Gasteiger partial charge >= 0.3 is 0 Å². The van der Waals surface area contributed by atoms with Gasteiger partial charge in [0.05, 0.1) is 0 Å². The Kier molecular flexibility index (Phi) is 6.04. The maximum absolute atomic E-state index is 14.1. The van der Waals surface area contributed by atoms with E-state index in [0.717, 1.165) is 38.5 Å². The van der Waals surface area contributed by atoms with Crippen molar-refractivity contribution in [2.75, 3.05) is 0 Å². The van der Waals surface area contributed by atoms with E-state index in [1.165, 1.54) is 16.8 Å². The molecule has 1 N–H and O–H groups in total. The van der Waals surface area contributed by atoms with Crippen molar-refractivity contribution in [3.63, 3.8) is 0 Å². The number of amides is 1. The normalized spacial score (nSPS) is 19.2. The smallest absolute Gasteiger partial charge is 0.276 e. The summed E-state index contributed by atoms with van der Waals surface area (Å²) >= 11 is 0. The van der Waals surface area contributed by atoms with E-state index >= 15 is 0 Å². The van der Waals surface area contributed by atoms with Crippen LogP contribution in [0.15, 0.2) is 35.1 Å². The van der Waals surface area contributed by atoms with E-state index in [9.17, 15) is 14.0 Å². The number of carbonyl (C=O) groups excluding carboxylic acids is 1. The van der Waals surface area contributed by atoms with Gasteiger partial charge in [0.15, 0.2) is 5.69 Å². The first kappa shape index (κ1) is 19.3. The van der Waals surface area contributed by atoms with Crippen LogP contribution in [0.3, 0.4) is 0 Å². The Bertz CT molecular complexity index is 878. The number of nitrogens with zero attached hydrogens (tertiary/aromatic N) is 2. The quantitative estimate of drug-likeness (QED) is 0.841. The number of rotatable bonds is 6. The van der Waals surface area contributed by atoms with Crippen LogP contribution in [0.4, 0.5) is 4.39 Å². The van der Waals surface area contributed by atoms with Gasteiger partial charge in [0.25, 0.3) is 5.91 Å². The predicted molar refractivity (Wildman–Crippen MR) is 103 cm³/mol. The first-order valence-corrected chi connectivity index (χ1v) is 9.68. The molecule has 3 rings (SSSR count). The summed E-state index contributed by atoms with van der Waals surface area (Å²) in [5.74, 6) is -0.481. The average molecular weight is 371 g/mol. The van der Waals surface area contributed by atoms with Crippen LogP contribution in [0.2, 0.25) is 0 Å². The summed E-state index contributed by atoms with van der Waals surface area (Å²) in [6.07, 6.45) is 6.46. The van der Waals surface area contributed by atoms with Gasteiger partial charge in [-0.05, 0) is 44.2 Å². The summed E-state index contributed by atoms with van der Waals surface area (Å²) < 4.78 is 15.5. The second-order valence-electron chi connectivity index (χ2n) is 7.27. The van der Waals surface area contributed by atoms with Crippen molar-refractivity contribution in [2.45, 2.75) is 58.4 Å². The van der Waals surface area contributed by atoms with Gasteiger partial charge in [-0.2, -0.15) is 5.10 Å². The topological polar surface area (TPSA) is 64.0 Å². The molecule has 27 heavy (non-hydrogen) atoms. The molecular formula is C21H26FN3O2. The molecule has 1 aliphatic rings. The van der Waals surface area contributed by atoms with Crippen molar-refractivity contribution in [3.05, 3.63) is 57.8 Å². The first-order chi connectivity index (χ1) is 13.0. The number of nitrogens with one attached hydrogen (secondary N) is 1. The summed E-state index contributed by atoms with van der Waals surface area (Å²) in [5.41, 5.74) is 0.0553. The van der Waals surface area contributed by atoms with Crippen LogP contribution in [-0.4, -0.2) is 21.7 Å². The molecule has 0 radical (unpaired) electrons. The molecule has 1 aromatic carbocycles. The van der Waals surface area contributed by atoms with Gasteiger partial charge in [0, 0.05) is 17.8 Å². The summed E-state index contributed by atoms with van der Waals surface area (Å²) in [5, 5.41) is 7.18. The average Bonchev–Trinajstić information content (AvgIpc) is 3.07. The molecule has 0 bridgehead atoms. The molecule has 1 saturated carbocycles. The molecule has 6 heteroatoms. The fourth-order valence-electron chi connectivity index (χ4n) is 3.85. The number of hydrogen-bond donors (Lipinski definition) is 1. The number of aromatic nitrogens is 2. The van der Waals surface area contributed by atoms with Gasteiger partial charge < -0.3 is 5.32 Å². The lowest BCUT2D eigenvalue weighted by molar-refractivity contribution is 0.0918. The van der Waals surface area contributed by atoms with Gasteiger partial charge in [-0.3, -0.25) is 9.59 Å². The molecule has 1 heterocycles. The molecule has 0 saturated heterocycles. The number of unbranched alkanes of at least 4 members (excludes halogenated alkanes) is 1. The fraction of sp³-hybridized carbons (Fsp3) is 0.476. The molecule has 0 aliphatic heterocycles. The molecule has 5 nitrogen and oxygen atoms in total. The number of carbonyl (C=O) groups is 1. The standard InChI is InChI=1S/C21H26FN3O2/c1-3-4-8-15-9-7-11-17(15)23-21(27)20-19(26)13-14(2)25(24-20)18-12-6-5-10-16(18)22/h5-6,10,12-13,15,17H,3-4,7-9,11H2,1-2H3,(H,23,27). The molecule has 2 aromatic rings. The number of halogens is 1. The third-order valence-electron chi connectivity index (χ3n) is 5.31. The molecule has 144 valence electrons. The zero-order valence-electron chi connectivity index (χ0n) is 15.9. The number of para-hydroxylation sites is 1. The third kappa shape index (κ3) is 4.26. The second kappa shape index (κ2) is 8.46. The molecule has 0 spiro atoms. The van der Waals surface area contributed by atoms with Crippen LogP contribution >= 0.6 is 0 Å². The van der Waals surface area contributed by atoms with Crippen LogP contribution in [0.1, 0.15) is 61.6 Å². The van der Waals surface area contributed by atoms with Gasteiger partial charge in [0.1, 0.15) is 11.5 Å². The summed E-state index contributed by atoms with van der Waals surface area (Å²) in [6.45, 7) is 3.82. The van der Waals surface area contributed by atoms with E-state index in [2.05, 4.69) is 17.3 Å². The maximum Gasteiger partial charge on any atom is 0.276 e. The van der Waals surface area contributed by atoms with E-state index in [-0.39, 0.29) is 17.4 Å². The lowest BCUT2D eigenvalue weighted by Gasteiger charge is -2.21. The van der Waals surface area contributed by atoms with Crippen molar-refractivity contribution >= 4 is 5.91 Å². The van der Waals surface area contributed by atoms with E-state index in [0.29, 0.717) is 11.6 Å². The zero-order valence-corrected chi connectivity index (χ0v) is 15.9. The minimum atomic E-state index is -0.474. The van der Waals surface area contributed by atoms with Crippen molar-refractivity contribution in [3.8, 4) is 5.69 Å². The minimum absolute atomic E-state index is 0.0773. The van der Waals surface area contributed by atoms with Gasteiger partial charge in [-0.25, -0.2) is 9.07 Å². The van der Waals surface area contributed by atoms with E-state index in [1.807, 2.05) is 0 Å². The van der Waals surface area contributed by atoms with Gasteiger partial charge in [-0.1, -0.05) is 38.3 Å². The third-order valence-corrected chi connectivity index (χ3v) is 5.31. The molecule has 2 atom stereocenters. The lowest BCUT2D eigenvalue weighted by Crippen LogP contribution is -2.40. The SMILES string of the molecule is CCCCC1CCCC1NC(=O)c1nn(-c2ccccc2F)c(C)cc1=O. The Morgan fingerprint density at radius 3 is 2.85 bits per heavy atom. The molecule has 1 amide bonds. The molecule has 1 aliphatic carbocycles. The molecule has 2 unspecified atom stereocenters. The van der Waals surface area contributed by atoms with Crippen molar-refractivity contribution < 1.29 is 9.18 Å². The van der Waals surface area contributed by atoms with Crippen LogP contribution in [-0.2, 0) is 0 Å². The first-order valence-electron chi connectivity index (χ1n) is 9.68. The molecule has 1 aromatic heterocycles. The minimum Gasteiger partial charge on any atom is -0.348 e. The Labute approximate surface area is 158 Å². The summed E-state index contributed by atoms with van der Waals surface area (Å²) in [4.78, 5) is 25.1. The van der Waals surface area contributed by atoms with E-state index in [4.69, 9.17) is 0 Å². The van der Waals surface area contributed by atoms with Crippen LogP contribution < -0.4 is 10.7 Å². The van der Waals surface area contributed by atoms with Crippen LogP contribution in [0, 0.1) is 18.7 Å². The van der Waals surface area contributed by atoms with E-state index < -0.39 is 17.2 Å². The van der Waals surface area contributed by atoms with Gasteiger partial charge in [-0.15, -0.1) is 0 Å². The number of benzene rings is 1. The highest BCUT2D eigenvalue weighted by Crippen LogP contribution is 2.30. The number of aryl methyl sites for hydroxylation is 1. The predicted octanol–water partition coefficient (Wildman–Crippen LogP) is 3.77. The lowest BCUT2D eigenvalue weighted by atomic mass is 9.96. The largest absolute Gasteiger partial charge is 0.348 e. The van der Waals surface area contributed by atoms with Crippen LogP contribution in [0.25, 0.3) is 5.69 Å². The Hall–Kier alpha value is -2.50. The molecular weight excluding hydrogens is 345 g/mol. The van der Waals surface area contributed by atoms with Gasteiger partial charge in [0.2, 0.25) is 5.43 Å². The molecule has 1 fully saturated rings. The van der Waals surface area contributed by atoms with Crippen molar-refractivity contribution in [1.29, 1.82) is 0 Å². The fourth-order valence-corrected chi connectivity index (χ4v) is 3.85. The van der Waals surface area contributed by atoms with Crippen molar-refractivity contribution in [1.82, 2.24) is 15.1 Å². The Balaban J connectivity index is 1.86. The summed E-state index contributed by atoms with van der Waals surface area (Å²) in [6, 6.07) is 7.57. The van der Waals surface area contributed by atoms with Crippen molar-refractivity contribution in [2.24, 2.45) is 5.92 Å². The maximum atomic E-state index is 14.1. The zero-order chi connectivity index (χ0) is 19.4. The highest BCUT2D eigenvalue weighted by molar-refractivity contribution is 5.92. The van der Waals surface area contributed by atoms with Crippen LogP contribution in [0.5, 0.6) is 0 Å². The Morgan fingerprint density at radius 2 is 2.11 bits per heavy atom. The number of hydrogen-bond acceptors (Lipinski definition) is 3. The highest BCUT2D eigenvalue weighted by Gasteiger charge is 2.29. The second-order valence-corrected chi connectivity index (χ2v) is 7.27. The highest BCUT2D eigenvalue weighted by atomic mass is 19.1. The monoisotopic (exact) mass is 371 g/mol.